The van der Waals surface area contributed by atoms with Gasteiger partial charge < -0.3 is 4.43 Å². The van der Waals surface area contributed by atoms with E-state index < -0.39 is 8.32 Å². The van der Waals surface area contributed by atoms with Crippen LogP contribution in [0.3, 0.4) is 0 Å². The monoisotopic (exact) mass is 274 g/mol. The van der Waals surface area contributed by atoms with Crippen LogP contribution in [-0.2, 0) is 4.43 Å². The summed E-state index contributed by atoms with van der Waals surface area (Å²) in [6.07, 6.45) is 6.83. The second-order valence-corrected chi connectivity index (χ2v) is 11.9. The van der Waals surface area contributed by atoms with E-state index in [0.717, 1.165) is 0 Å². The van der Waals surface area contributed by atoms with Gasteiger partial charge in [0.2, 0.25) is 0 Å². The Bertz CT molecular complexity index is 450. The summed E-state index contributed by atoms with van der Waals surface area (Å²) in [6, 6.07) is 10.5. The van der Waals surface area contributed by atoms with Crippen molar-refractivity contribution in [2.24, 2.45) is 0 Å². The molecule has 2 rings (SSSR count). The Morgan fingerprint density at radius 1 is 1.11 bits per heavy atom. The van der Waals surface area contributed by atoms with Gasteiger partial charge in [-0.2, -0.15) is 0 Å². The molecule has 0 atom stereocenters. The maximum atomic E-state index is 6.57. The third kappa shape index (κ3) is 3.58. The van der Waals surface area contributed by atoms with E-state index in [4.69, 9.17) is 4.43 Å². The van der Waals surface area contributed by atoms with Crippen LogP contribution in [0.5, 0.6) is 0 Å². The molecular weight excluding hydrogens is 248 g/mol. The predicted molar refractivity (Wildman–Crippen MR) is 85.7 cm³/mol. The van der Waals surface area contributed by atoms with E-state index in [2.05, 4.69) is 76.3 Å². The van der Waals surface area contributed by atoms with Gasteiger partial charge in [-0.15, -0.1) is 0 Å². The molecule has 0 amide bonds. The lowest BCUT2D eigenvalue weighted by Gasteiger charge is -2.39. The van der Waals surface area contributed by atoms with Crippen LogP contribution in [-0.4, -0.2) is 13.9 Å². The van der Waals surface area contributed by atoms with Gasteiger partial charge in [0.25, 0.3) is 0 Å². The highest BCUT2D eigenvalue weighted by atomic mass is 28.4. The lowest BCUT2D eigenvalue weighted by atomic mass is 10.2. The van der Waals surface area contributed by atoms with E-state index in [0.29, 0.717) is 0 Å². The second kappa shape index (κ2) is 4.91. The van der Waals surface area contributed by atoms with Crippen LogP contribution >= 0.6 is 0 Å². The molecule has 0 N–H and O–H groups in total. The topological polar surface area (TPSA) is 9.23 Å². The van der Waals surface area contributed by atoms with Crippen molar-refractivity contribution in [3.05, 3.63) is 42.0 Å². The van der Waals surface area contributed by atoms with Gasteiger partial charge in [0.15, 0.2) is 8.32 Å². The molecule has 0 spiro atoms. The summed E-state index contributed by atoms with van der Waals surface area (Å²) in [5, 5.41) is 0.281. The van der Waals surface area contributed by atoms with Gasteiger partial charge in [-0.25, -0.2) is 0 Å². The van der Waals surface area contributed by atoms with Gasteiger partial charge in [0.05, 0.1) is 5.60 Å². The summed E-state index contributed by atoms with van der Waals surface area (Å²) in [5.74, 6) is 0. The normalized spacial score (nSPS) is 18.8. The Balaban J connectivity index is 2.07. The molecule has 2 heteroatoms. The lowest BCUT2D eigenvalue weighted by molar-refractivity contribution is 0.206. The molecular formula is C17H26OSi. The van der Waals surface area contributed by atoms with Crippen molar-refractivity contribution in [1.29, 1.82) is 0 Å². The molecule has 0 bridgehead atoms. The third-order valence-corrected chi connectivity index (χ3v) is 8.92. The van der Waals surface area contributed by atoms with Gasteiger partial charge in [-0.1, -0.05) is 63.3 Å². The highest BCUT2D eigenvalue weighted by Gasteiger charge is 2.49. The van der Waals surface area contributed by atoms with Gasteiger partial charge >= 0.3 is 0 Å². The van der Waals surface area contributed by atoms with Crippen molar-refractivity contribution in [2.45, 2.75) is 57.3 Å². The number of hydrogen-bond donors (Lipinski definition) is 0. The van der Waals surface area contributed by atoms with E-state index in [1.807, 2.05) is 0 Å². The minimum Gasteiger partial charge on any atom is -0.408 e. The standard InChI is InChI=1S/C17H26OSi/c1-16(2,3)19(4,5)18-17(13-14-17)12-11-15-9-7-6-8-10-15/h6-12H,13-14H2,1-5H3/b12-11+. The Morgan fingerprint density at radius 3 is 2.16 bits per heavy atom. The largest absolute Gasteiger partial charge is 0.408 e. The summed E-state index contributed by atoms with van der Waals surface area (Å²) >= 11 is 0. The predicted octanol–water partition coefficient (Wildman–Crippen LogP) is 5.25. The molecule has 104 valence electrons. The molecule has 0 aliphatic heterocycles. The maximum absolute atomic E-state index is 6.57. The lowest BCUT2D eigenvalue weighted by Crippen LogP contribution is -2.44. The van der Waals surface area contributed by atoms with Crippen molar-refractivity contribution in [3.63, 3.8) is 0 Å². The Kier molecular flexibility index (Phi) is 3.76. The molecule has 1 aliphatic rings. The van der Waals surface area contributed by atoms with Crippen molar-refractivity contribution < 1.29 is 4.43 Å². The zero-order valence-electron chi connectivity index (χ0n) is 12.9. The van der Waals surface area contributed by atoms with E-state index in [-0.39, 0.29) is 10.6 Å². The van der Waals surface area contributed by atoms with Gasteiger partial charge in [0.1, 0.15) is 0 Å². The summed E-state index contributed by atoms with van der Waals surface area (Å²) in [4.78, 5) is 0. The van der Waals surface area contributed by atoms with Crippen LogP contribution in [0.4, 0.5) is 0 Å². The van der Waals surface area contributed by atoms with Crippen LogP contribution in [0, 0.1) is 0 Å². The SMILES string of the molecule is CC(C)(C)[Si](C)(C)OC1(/C=C/c2ccccc2)CC1. The zero-order chi connectivity index (χ0) is 14.1. The average Bonchev–Trinajstić information content (AvgIpc) is 3.06. The number of benzene rings is 1. The van der Waals surface area contributed by atoms with Crippen molar-refractivity contribution >= 4 is 14.4 Å². The summed E-state index contributed by atoms with van der Waals surface area (Å²) in [7, 11) is -1.67. The summed E-state index contributed by atoms with van der Waals surface area (Å²) < 4.78 is 6.57. The first-order chi connectivity index (χ1) is 8.74. The van der Waals surface area contributed by atoms with Crippen LogP contribution < -0.4 is 0 Å². The van der Waals surface area contributed by atoms with E-state index in [1.165, 1.54) is 18.4 Å². The van der Waals surface area contributed by atoms with Crippen LogP contribution in [0.25, 0.3) is 6.08 Å². The molecule has 0 radical (unpaired) electrons. The fourth-order valence-corrected chi connectivity index (χ4v) is 3.49. The molecule has 0 unspecified atom stereocenters. The summed E-state index contributed by atoms with van der Waals surface area (Å²) in [5.41, 5.74) is 1.28. The smallest absolute Gasteiger partial charge is 0.193 e. The number of rotatable bonds is 4. The molecule has 1 fully saturated rings. The fraction of sp³-hybridized carbons (Fsp3) is 0.529. The molecule has 0 heterocycles. The molecule has 1 aromatic carbocycles. The van der Waals surface area contributed by atoms with Crippen molar-refractivity contribution in [3.8, 4) is 0 Å². The van der Waals surface area contributed by atoms with E-state index in [1.54, 1.807) is 0 Å². The highest BCUT2D eigenvalue weighted by Crippen LogP contribution is 2.48. The van der Waals surface area contributed by atoms with Crippen molar-refractivity contribution in [1.82, 2.24) is 0 Å². The first-order valence-corrected chi connectivity index (χ1v) is 10.1. The molecule has 0 saturated heterocycles. The Hall–Kier alpha value is -0.863. The molecule has 19 heavy (non-hydrogen) atoms. The minimum atomic E-state index is -1.67. The Labute approximate surface area is 118 Å². The van der Waals surface area contributed by atoms with Gasteiger partial charge in [0, 0.05) is 0 Å². The van der Waals surface area contributed by atoms with E-state index >= 15 is 0 Å². The van der Waals surface area contributed by atoms with Crippen LogP contribution in [0.2, 0.25) is 18.1 Å². The Morgan fingerprint density at radius 2 is 1.68 bits per heavy atom. The van der Waals surface area contributed by atoms with E-state index in [9.17, 15) is 0 Å². The fourth-order valence-electron chi connectivity index (χ4n) is 1.90. The molecule has 1 saturated carbocycles. The highest BCUT2D eigenvalue weighted by molar-refractivity contribution is 6.74. The quantitative estimate of drug-likeness (QED) is 0.681. The average molecular weight is 274 g/mol. The zero-order valence-corrected chi connectivity index (χ0v) is 13.9. The first-order valence-electron chi connectivity index (χ1n) is 7.19. The second-order valence-electron chi connectivity index (χ2n) is 7.17. The maximum Gasteiger partial charge on any atom is 0.193 e. The molecule has 1 aliphatic carbocycles. The van der Waals surface area contributed by atoms with Gasteiger partial charge in [-0.05, 0) is 36.5 Å². The number of hydrogen-bond acceptors (Lipinski definition) is 1. The van der Waals surface area contributed by atoms with Crippen LogP contribution in [0.15, 0.2) is 36.4 Å². The minimum absolute atomic E-state index is 0.0266. The molecule has 0 aromatic heterocycles. The summed E-state index contributed by atoms with van der Waals surface area (Å²) in [6.45, 7) is 11.6. The molecule has 1 aromatic rings. The van der Waals surface area contributed by atoms with Crippen molar-refractivity contribution in [2.75, 3.05) is 0 Å². The van der Waals surface area contributed by atoms with Gasteiger partial charge in [-0.3, -0.25) is 0 Å². The van der Waals surface area contributed by atoms with Crippen LogP contribution in [0.1, 0.15) is 39.2 Å². The third-order valence-electron chi connectivity index (χ3n) is 4.39. The first kappa shape index (κ1) is 14.5. The molecule has 1 nitrogen and oxygen atoms in total.